The molecule has 0 radical (unpaired) electrons. The van der Waals surface area contributed by atoms with Gasteiger partial charge >= 0.3 is 0 Å². The zero-order chi connectivity index (χ0) is 17.6. The van der Waals surface area contributed by atoms with Gasteiger partial charge in [0.05, 0.1) is 12.9 Å². The van der Waals surface area contributed by atoms with Gasteiger partial charge in [0.1, 0.15) is 5.75 Å². The Labute approximate surface area is 155 Å². The molecule has 0 saturated heterocycles. The Morgan fingerprint density at radius 2 is 1.92 bits per heavy atom. The van der Waals surface area contributed by atoms with Gasteiger partial charge in [-0.1, -0.05) is 23.4 Å². The van der Waals surface area contributed by atoms with Gasteiger partial charge in [0.25, 0.3) is 0 Å². The number of hydrogen-bond donors (Lipinski definition) is 1. The maximum Gasteiger partial charge on any atom is 0.234 e. The number of carbonyl (C=O) groups is 1. The highest BCUT2D eigenvalue weighted by atomic mass is 35.5. The van der Waals surface area contributed by atoms with Crippen molar-refractivity contribution in [2.24, 2.45) is 0 Å². The van der Waals surface area contributed by atoms with Gasteiger partial charge in [-0.3, -0.25) is 9.36 Å². The first-order valence-electron chi connectivity index (χ1n) is 7.52. The van der Waals surface area contributed by atoms with Crippen molar-refractivity contribution in [3.05, 3.63) is 65.9 Å². The summed E-state index contributed by atoms with van der Waals surface area (Å²) in [6.07, 6.45) is 3.56. The number of anilines is 1. The zero-order valence-corrected chi connectivity index (χ0v) is 15.1. The monoisotopic (exact) mass is 373 g/mol. The minimum Gasteiger partial charge on any atom is -0.497 e. The summed E-state index contributed by atoms with van der Waals surface area (Å²) in [5.41, 5.74) is 1.67. The van der Waals surface area contributed by atoms with E-state index in [1.54, 1.807) is 37.6 Å². The third-order valence-corrected chi connectivity index (χ3v) is 4.64. The van der Waals surface area contributed by atoms with Gasteiger partial charge in [0, 0.05) is 28.8 Å². The lowest BCUT2D eigenvalue weighted by Gasteiger charge is -2.08. The summed E-state index contributed by atoms with van der Waals surface area (Å²) >= 11 is 7.29. The predicted octanol–water partition coefficient (Wildman–Crippen LogP) is 4.27. The van der Waals surface area contributed by atoms with Crippen molar-refractivity contribution in [2.45, 2.75) is 5.16 Å². The number of rotatable bonds is 6. The Morgan fingerprint density at radius 1 is 1.20 bits per heavy atom. The number of carbonyl (C=O) groups excluding carboxylic acids is 1. The Bertz CT molecular complexity index is 848. The Morgan fingerprint density at radius 3 is 2.60 bits per heavy atom. The highest BCUT2D eigenvalue weighted by Gasteiger charge is 2.09. The van der Waals surface area contributed by atoms with Crippen LogP contribution in [0.3, 0.4) is 0 Å². The molecular weight excluding hydrogens is 358 g/mol. The fourth-order valence-corrected chi connectivity index (χ4v) is 3.10. The number of halogens is 1. The van der Waals surface area contributed by atoms with Crippen LogP contribution in [0.25, 0.3) is 5.69 Å². The Balaban J connectivity index is 1.61. The maximum absolute atomic E-state index is 12.1. The van der Waals surface area contributed by atoms with Crippen molar-refractivity contribution in [2.75, 3.05) is 18.2 Å². The molecule has 3 rings (SSSR count). The molecule has 7 heteroatoms. The topological polar surface area (TPSA) is 56.1 Å². The molecule has 0 aliphatic carbocycles. The van der Waals surface area contributed by atoms with E-state index in [4.69, 9.17) is 16.3 Å². The number of ether oxygens (including phenoxy) is 1. The number of imidazole rings is 1. The van der Waals surface area contributed by atoms with E-state index >= 15 is 0 Å². The van der Waals surface area contributed by atoms with E-state index in [1.165, 1.54) is 11.8 Å². The standard InChI is InChI=1S/C18H16ClN3O2S/c1-24-16-8-4-14(5-9-16)21-17(23)12-25-18-20-10-11-22(18)15-6-2-13(19)3-7-15/h2-11H,12H2,1H3,(H,21,23). The van der Waals surface area contributed by atoms with E-state index < -0.39 is 0 Å². The Kier molecular flexibility index (Phi) is 5.63. The summed E-state index contributed by atoms with van der Waals surface area (Å²) in [5, 5.41) is 4.27. The second-order valence-corrected chi connectivity index (χ2v) is 6.50. The molecule has 0 fully saturated rings. The SMILES string of the molecule is COc1ccc(NC(=O)CSc2nccn2-c2ccc(Cl)cc2)cc1. The van der Waals surface area contributed by atoms with Gasteiger partial charge in [-0.05, 0) is 48.5 Å². The van der Waals surface area contributed by atoms with Crippen LogP contribution in [0.4, 0.5) is 5.69 Å². The largest absolute Gasteiger partial charge is 0.497 e. The molecule has 3 aromatic rings. The molecule has 0 bridgehead atoms. The van der Waals surface area contributed by atoms with E-state index in [-0.39, 0.29) is 11.7 Å². The molecule has 0 unspecified atom stereocenters. The molecule has 1 amide bonds. The lowest BCUT2D eigenvalue weighted by atomic mass is 10.3. The third-order valence-electron chi connectivity index (χ3n) is 3.42. The second-order valence-electron chi connectivity index (χ2n) is 5.12. The average Bonchev–Trinajstić information content (AvgIpc) is 3.10. The molecule has 1 N–H and O–H groups in total. The first-order valence-corrected chi connectivity index (χ1v) is 8.88. The number of aromatic nitrogens is 2. The Hall–Kier alpha value is -2.44. The number of hydrogen-bond acceptors (Lipinski definition) is 4. The van der Waals surface area contributed by atoms with Crippen molar-refractivity contribution in [1.82, 2.24) is 9.55 Å². The van der Waals surface area contributed by atoms with Gasteiger partial charge in [-0.2, -0.15) is 0 Å². The maximum atomic E-state index is 12.1. The van der Waals surface area contributed by atoms with Crippen molar-refractivity contribution in [3.8, 4) is 11.4 Å². The van der Waals surface area contributed by atoms with Crippen LogP contribution in [-0.4, -0.2) is 28.3 Å². The first-order chi connectivity index (χ1) is 12.2. The van der Waals surface area contributed by atoms with Crippen molar-refractivity contribution < 1.29 is 9.53 Å². The second kappa shape index (κ2) is 8.09. The van der Waals surface area contributed by atoms with Gasteiger partial charge in [-0.15, -0.1) is 0 Å². The molecular formula is C18H16ClN3O2S. The minimum atomic E-state index is -0.0965. The van der Waals surface area contributed by atoms with Crippen LogP contribution in [0.15, 0.2) is 66.1 Å². The molecule has 0 spiro atoms. The van der Waals surface area contributed by atoms with Crippen LogP contribution < -0.4 is 10.1 Å². The van der Waals surface area contributed by atoms with Crippen LogP contribution in [0.1, 0.15) is 0 Å². The average molecular weight is 374 g/mol. The number of amides is 1. The van der Waals surface area contributed by atoms with Crippen molar-refractivity contribution in [1.29, 1.82) is 0 Å². The van der Waals surface area contributed by atoms with E-state index in [0.29, 0.717) is 5.02 Å². The first kappa shape index (κ1) is 17.4. The van der Waals surface area contributed by atoms with E-state index in [1.807, 2.05) is 35.0 Å². The van der Waals surface area contributed by atoms with Crippen LogP contribution in [-0.2, 0) is 4.79 Å². The molecule has 1 heterocycles. The summed E-state index contributed by atoms with van der Waals surface area (Å²) in [7, 11) is 1.60. The molecule has 2 aromatic carbocycles. The summed E-state index contributed by atoms with van der Waals surface area (Å²) in [5.74, 6) is 0.912. The molecule has 0 aliphatic heterocycles. The third kappa shape index (κ3) is 4.55. The zero-order valence-electron chi connectivity index (χ0n) is 13.5. The van der Waals surface area contributed by atoms with Gasteiger partial charge in [0.15, 0.2) is 5.16 Å². The summed E-state index contributed by atoms with van der Waals surface area (Å²) in [4.78, 5) is 16.4. The van der Waals surface area contributed by atoms with Gasteiger partial charge in [0.2, 0.25) is 5.91 Å². The summed E-state index contributed by atoms with van der Waals surface area (Å²) in [6.45, 7) is 0. The smallest absolute Gasteiger partial charge is 0.234 e. The molecule has 0 aliphatic rings. The van der Waals surface area contributed by atoms with Crippen molar-refractivity contribution >= 4 is 35.0 Å². The fourth-order valence-electron chi connectivity index (χ4n) is 2.20. The molecule has 1 aromatic heterocycles. The minimum absolute atomic E-state index is 0.0965. The predicted molar refractivity (Wildman–Crippen MR) is 101 cm³/mol. The summed E-state index contributed by atoms with van der Waals surface area (Å²) < 4.78 is 7.02. The number of methoxy groups -OCH3 is 1. The lowest BCUT2D eigenvalue weighted by Crippen LogP contribution is -2.14. The number of thioether (sulfide) groups is 1. The number of benzene rings is 2. The molecule has 0 atom stereocenters. The molecule has 128 valence electrons. The van der Waals surface area contributed by atoms with Crippen LogP contribution in [0.5, 0.6) is 5.75 Å². The number of nitrogens with zero attached hydrogens (tertiary/aromatic N) is 2. The molecule has 0 saturated carbocycles. The highest BCUT2D eigenvalue weighted by molar-refractivity contribution is 7.99. The summed E-state index contributed by atoms with van der Waals surface area (Å²) in [6, 6.07) is 14.7. The fraction of sp³-hybridized carbons (Fsp3) is 0.111. The van der Waals surface area contributed by atoms with Crippen molar-refractivity contribution in [3.63, 3.8) is 0 Å². The highest BCUT2D eigenvalue weighted by Crippen LogP contribution is 2.22. The van der Waals surface area contributed by atoms with Gasteiger partial charge < -0.3 is 10.1 Å². The van der Waals surface area contributed by atoms with E-state index in [9.17, 15) is 4.79 Å². The molecule has 5 nitrogen and oxygen atoms in total. The molecule has 25 heavy (non-hydrogen) atoms. The lowest BCUT2D eigenvalue weighted by molar-refractivity contribution is -0.113. The quantitative estimate of drug-likeness (QED) is 0.656. The number of nitrogens with one attached hydrogen (secondary N) is 1. The van der Waals surface area contributed by atoms with Crippen LogP contribution >= 0.6 is 23.4 Å². The van der Waals surface area contributed by atoms with Crippen LogP contribution in [0, 0.1) is 0 Å². The van der Waals surface area contributed by atoms with E-state index in [0.717, 1.165) is 22.3 Å². The van der Waals surface area contributed by atoms with Gasteiger partial charge in [-0.25, -0.2) is 4.98 Å². The van der Waals surface area contributed by atoms with E-state index in [2.05, 4.69) is 10.3 Å². The normalized spacial score (nSPS) is 10.5. The van der Waals surface area contributed by atoms with Crippen LogP contribution in [0.2, 0.25) is 5.02 Å².